The molecule has 0 saturated carbocycles. The lowest BCUT2D eigenvalue weighted by molar-refractivity contribution is -0.139. The van der Waals surface area contributed by atoms with E-state index in [9.17, 15) is 14.0 Å². The fourth-order valence-electron chi connectivity index (χ4n) is 3.82. The third kappa shape index (κ3) is 5.91. The lowest BCUT2D eigenvalue weighted by Gasteiger charge is -2.28. The van der Waals surface area contributed by atoms with Crippen molar-refractivity contribution in [1.82, 2.24) is 25.7 Å². The Kier molecular flexibility index (Phi) is 8.07. The molecule has 0 aliphatic carbocycles. The number of likely N-dealkylation sites (tertiary alicyclic amines) is 1. The minimum Gasteiger partial charge on any atom is -0.342 e. The number of alkyl halides is 1. The lowest BCUT2D eigenvalue weighted by Crippen LogP contribution is -2.52. The van der Waals surface area contributed by atoms with Crippen LogP contribution in [0.5, 0.6) is 0 Å². The van der Waals surface area contributed by atoms with Crippen LogP contribution in [0.25, 0.3) is 0 Å². The number of nitrogens with zero attached hydrogens (tertiary/aromatic N) is 3. The van der Waals surface area contributed by atoms with Crippen LogP contribution < -0.4 is 16.7 Å². The highest BCUT2D eigenvalue weighted by atomic mass is 19.1. The Hall–Kier alpha value is -3.37. The molecule has 176 valence electrons. The van der Waals surface area contributed by atoms with Crippen LogP contribution in [0.2, 0.25) is 0 Å². The Bertz CT molecular complexity index is 955. The number of amides is 2. The van der Waals surface area contributed by atoms with Gasteiger partial charge in [-0.05, 0) is 23.1 Å². The Morgan fingerprint density at radius 2 is 2.00 bits per heavy atom. The van der Waals surface area contributed by atoms with E-state index in [4.69, 9.17) is 11.3 Å². The van der Waals surface area contributed by atoms with Crippen molar-refractivity contribution in [3.05, 3.63) is 65.5 Å². The molecule has 10 heteroatoms. The maximum absolute atomic E-state index is 14.3. The van der Waals surface area contributed by atoms with E-state index >= 15 is 0 Å². The number of carbonyl (C=O) groups is 2. The number of nitrogens with two attached hydrogens (primary N) is 1. The smallest absolute Gasteiger partial charge is 0.244 e. The zero-order valence-corrected chi connectivity index (χ0v) is 18.7. The number of pyridine rings is 1. The molecule has 0 bridgehead atoms. The molecule has 1 aliphatic heterocycles. The van der Waals surface area contributed by atoms with Gasteiger partial charge in [-0.2, -0.15) is 5.53 Å². The lowest BCUT2D eigenvalue weighted by atomic mass is 10.00. The fourth-order valence-corrected chi connectivity index (χ4v) is 3.82. The van der Waals surface area contributed by atoms with Crippen LogP contribution in [0.3, 0.4) is 0 Å². The van der Waals surface area contributed by atoms with E-state index in [1.165, 1.54) is 4.90 Å². The summed E-state index contributed by atoms with van der Waals surface area (Å²) in [5.41, 5.74) is 4.74. The van der Waals surface area contributed by atoms with E-state index in [1.54, 1.807) is 6.20 Å². The van der Waals surface area contributed by atoms with E-state index in [0.29, 0.717) is 11.6 Å². The van der Waals surface area contributed by atoms with Gasteiger partial charge in [0, 0.05) is 12.6 Å². The predicted molar refractivity (Wildman–Crippen MR) is 123 cm³/mol. The van der Waals surface area contributed by atoms with Crippen LogP contribution in [0.15, 0.2) is 48.7 Å². The number of hydrogen-bond acceptors (Lipinski definition) is 6. The van der Waals surface area contributed by atoms with Crippen LogP contribution >= 0.6 is 0 Å². The standard InChI is InChI=1S/C23H30FN7O2/c1-15(2)17-8-9-19(27-11-17)22(16-6-4-3-5-7-16)28-23(33)20-10-18(24)12-31(20)21(32)13-30(14-25)29-26/h3-9,11,14-15,18,20,22,25,29H,10,12-13,26H2,1-2H3,(H,28,33)/t18-,20+,22+/m1/s1. The molecule has 3 rings (SSSR count). The number of carbonyl (C=O) groups excluding carboxylic acids is 2. The van der Waals surface area contributed by atoms with Crippen LogP contribution in [-0.2, 0) is 9.59 Å². The van der Waals surface area contributed by atoms with Crippen molar-refractivity contribution in [2.24, 2.45) is 5.84 Å². The molecule has 33 heavy (non-hydrogen) atoms. The van der Waals surface area contributed by atoms with E-state index in [2.05, 4.69) is 29.7 Å². The summed E-state index contributed by atoms with van der Waals surface area (Å²) in [7, 11) is 0. The highest BCUT2D eigenvalue weighted by Crippen LogP contribution is 2.25. The van der Waals surface area contributed by atoms with E-state index in [1.807, 2.05) is 42.5 Å². The molecule has 2 amide bonds. The molecule has 1 aromatic heterocycles. The largest absolute Gasteiger partial charge is 0.342 e. The number of hydrazine groups is 2. The highest BCUT2D eigenvalue weighted by Gasteiger charge is 2.40. The van der Waals surface area contributed by atoms with E-state index in [0.717, 1.165) is 22.5 Å². The number of hydrogen-bond donors (Lipinski definition) is 4. The molecular formula is C23H30FN7O2. The number of nitrogens with one attached hydrogen (secondary N) is 3. The summed E-state index contributed by atoms with van der Waals surface area (Å²) in [5.74, 6) is 4.62. The first-order valence-electron chi connectivity index (χ1n) is 10.8. The normalized spacial score (nSPS) is 18.8. The van der Waals surface area contributed by atoms with Gasteiger partial charge >= 0.3 is 0 Å². The summed E-state index contributed by atoms with van der Waals surface area (Å²) >= 11 is 0. The van der Waals surface area contributed by atoms with Gasteiger partial charge in [-0.1, -0.05) is 50.2 Å². The number of rotatable bonds is 9. The zero-order valence-electron chi connectivity index (χ0n) is 18.7. The summed E-state index contributed by atoms with van der Waals surface area (Å²) < 4.78 is 14.3. The Morgan fingerprint density at radius 1 is 1.27 bits per heavy atom. The maximum atomic E-state index is 14.3. The summed E-state index contributed by atoms with van der Waals surface area (Å²) in [6, 6.07) is 11.7. The quantitative estimate of drug-likeness (QED) is 0.197. The molecular weight excluding hydrogens is 425 g/mol. The second kappa shape index (κ2) is 11.0. The molecule has 3 atom stereocenters. The van der Waals surface area contributed by atoms with Crippen molar-refractivity contribution in [2.75, 3.05) is 13.1 Å². The maximum Gasteiger partial charge on any atom is 0.244 e. The first kappa shape index (κ1) is 24.3. The number of benzene rings is 1. The molecule has 1 saturated heterocycles. The summed E-state index contributed by atoms with van der Waals surface area (Å²) in [4.78, 5) is 31.7. The number of aromatic nitrogens is 1. The second-order valence-electron chi connectivity index (χ2n) is 8.30. The molecule has 9 nitrogen and oxygen atoms in total. The summed E-state index contributed by atoms with van der Waals surface area (Å²) in [6.07, 6.45) is 1.21. The number of halogens is 1. The fraction of sp³-hybridized carbons (Fsp3) is 0.391. The minimum atomic E-state index is -1.32. The van der Waals surface area contributed by atoms with Crippen molar-refractivity contribution in [3.63, 3.8) is 0 Å². The minimum absolute atomic E-state index is 0.0978. The van der Waals surface area contributed by atoms with Gasteiger partial charge in [0.25, 0.3) is 0 Å². The molecule has 0 unspecified atom stereocenters. The van der Waals surface area contributed by atoms with E-state index in [-0.39, 0.29) is 19.5 Å². The van der Waals surface area contributed by atoms with Gasteiger partial charge < -0.3 is 10.2 Å². The van der Waals surface area contributed by atoms with Crippen molar-refractivity contribution < 1.29 is 14.0 Å². The van der Waals surface area contributed by atoms with Crippen LogP contribution in [-0.4, -0.2) is 58.3 Å². The zero-order chi connectivity index (χ0) is 24.0. The Morgan fingerprint density at radius 3 is 2.58 bits per heavy atom. The van der Waals surface area contributed by atoms with Gasteiger partial charge in [-0.15, -0.1) is 0 Å². The third-order valence-corrected chi connectivity index (χ3v) is 5.69. The van der Waals surface area contributed by atoms with Crippen LogP contribution in [0.4, 0.5) is 4.39 Å². The molecule has 2 heterocycles. The van der Waals surface area contributed by atoms with Gasteiger partial charge in [-0.25, -0.2) is 4.39 Å². The molecule has 0 radical (unpaired) electrons. The summed E-state index contributed by atoms with van der Waals surface area (Å²) in [5, 5.41) is 11.3. The first-order chi connectivity index (χ1) is 15.8. The first-order valence-corrected chi connectivity index (χ1v) is 10.8. The second-order valence-corrected chi connectivity index (χ2v) is 8.30. The molecule has 1 fully saturated rings. The van der Waals surface area contributed by atoms with Crippen molar-refractivity contribution in [2.45, 2.75) is 44.4 Å². The third-order valence-electron chi connectivity index (χ3n) is 5.69. The average Bonchev–Trinajstić information content (AvgIpc) is 3.23. The van der Waals surface area contributed by atoms with Crippen LogP contribution in [0.1, 0.15) is 49.0 Å². The Balaban J connectivity index is 1.83. The van der Waals surface area contributed by atoms with Crippen molar-refractivity contribution in [3.8, 4) is 0 Å². The van der Waals surface area contributed by atoms with Gasteiger partial charge in [0.15, 0.2) is 0 Å². The van der Waals surface area contributed by atoms with Crippen molar-refractivity contribution >= 4 is 18.2 Å². The highest BCUT2D eigenvalue weighted by molar-refractivity contribution is 5.90. The predicted octanol–water partition coefficient (Wildman–Crippen LogP) is 1.64. The van der Waals surface area contributed by atoms with Gasteiger partial charge in [0.2, 0.25) is 11.8 Å². The SMILES string of the molecule is CC(C)c1ccc([C@@H](NC(=O)[C@@H]2C[C@@H](F)CN2C(=O)CN(C=N)NN)c2ccccc2)nc1. The van der Waals surface area contributed by atoms with E-state index < -0.39 is 30.1 Å². The molecule has 1 aromatic carbocycles. The monoisotopic (exact) mass is 455 g/mol. The van der Waals surface area contributed by atoms with Crippen molar-refractivity contribution in [1.29, 1.82) is 5.41 Å². The average molecular weight is 456 g/mol. The topological polar surface area (TPSA) is 127 Å². The molecule has 1 aliphatic rings. The molecule has 0 spiro atoms. The molecule has 2 aromatic rings. The van der Waals surface area contributed by atoms with Gasteiger partial charge in [0.05, 0.1) is 24.6 Å². The van der Waals surface area contributed by atoms with Gasteiger partial charge in [-0.3, -0.25) is 30.8 Å². The van der Waals surface area contributed by atoms with Crippen LogP contribution in [0, 0.1) is 5.41 Å². The molecule has 5 N–H and O–H groups in total. The summed E-state index contributed by atoms with van der Waals surface area (Å²) in [6.45, 7) is 3.67. The Labute approximate surface area is 192 Å². The van der Waals surface area contributed by atoms with Gasteiger partial charge in [0.1, 0.15) is 18.8 Å².